The van der Waals surface area contributed by atoms with Crippen molar-refractivity contribution in [1.29, 1.82) is 0 Å². The maximum absolute atomic E-state index is 4.25. The van der Waals surface area contributed by atoms with Crippen molar-refractivity contribution in [1.82, 2.24) is 14.9 Å². The molecule has 1 N–H and O–H groups in total. The van der Waals surface area contributed by atoms with Crippen LogP contribution in [-0.4, -0.2) is 16.1 Å². The zero-order valence-electron chi connectivity index (χ0n) is 10.6. The number of hydrogen-bond acceptors (Lipinski definition) is 4. The molecule has 3 nitrogen and oxygen atoms in total. The average Bonchev–Trinajstić information content (AvgIpc) is 2.67. The molecule has 1 aromatic rings. The van der Waals surface area contributed by atoms with E-state index in [-0.39, 0.29) is 11.5 Å². The summed E-state index contributed by atoms with van der Waals surface area (Å²) in [4.78, 5) is 1.19. The highest BCUT2D eigenvalue weighted by Gasteiger charge is 2.25. The molecule has 0 spiro atoms. The number of aromatic nitrogens is 2. The van der Waals surface area contributed by atoms with Crippen LogP contribution < -0.4 is 5.32 Å². The number of nitrogens with one attached hydrogen (secondary N) is 1. The standard InChI is InChI=1S/C12H21N3S/c1-6-8-13-9(7-2)10-11(12(3,4)5)14-15-16-10/h7,9,13H,2,6,8H2,1,3-5H3. The first-order chi connectivity index (χ1) is 7.50. The summed E-state index contributed by atoms with van der Waals surface area (Å²) >= 11 is 1.46. The molecule has 0 aliphatic heterocycles. The molecule has 1 aromatic heterocycles. The van der Waals surface area contributed by atoms with E-state index < -0.39 is 0 Å². The van der Waals surface area contributed by atoms with Gasteiger partial charge in [0, 0.05) is 5.41 Å². The van der Waals surface area contributed by atoms with Crippen LogP contribution in [0.5, 0.6) is 0 Å². The largest absolute Gasteiger partial charge is 0.306 e. The predicted octanol–water partition coefficient (Wildman–Crippen LogP) is 3.06. The monoisotopic (exact) mass is 239 g/mol. The van der Waals surface area contributed by atoms with Gasteiger partial charge in [-0.25, -0.2) is 0 Å². The molecule has 0 bridgehead atoms. The van der Waals surface area contributed by atoms with Crippen molar-refractivity contribution in [3.8, 4) is 0 Å². The molecule has 1 heterocycles. The van der Waals surface area contributed by atoms with Crippen molar-refractivity contribution in [2.24, 2.45) is 0 Å². The predicted molar refractivity (Wildman–Crippen MR) is 69.8 cm³/mol. The second kappa shape index (κ2) is 5.55. The summed E-state index contributed by atoms with van der Waals surface area (Å²) in [6.07, 6.45) is 3.04. The Kier molecular flexibility index (Phi) is 4.62. The van der Waals surface area contributed by atoms with Crippen molar-refractivity contribution in [2.75, 3.05) is 6.54 Å². The third-order valence-corrected chi connectivity index (χ3v) is 3.16. The van der Waals surface area contributed by atoms with Crippen LogP contribution >= 0.6 is 11.5 Å². The topological polar surface area (TPSA) is 37.8 Å². The van der Waals surface area contributed by atoms with E-state index in [2.05, 4.69) is 49.2 Å². The van der Waals surface area contributed by atoms with E-state index in [4.69, 9.17) is 0 Å². The fraction of sp³-hybridized carbons (Fsp3) is 0.667. The molecule has 16 heavy (non-hydrogen) atoms. The van der Waals surface area contributed by atoms with Gasteiger partial charge < -0.3 is 5.32 Å². The lowest BCUT2D eigenvalue weighted by molar-refractivity contribution is 0.542. The van der Waals surface area contributed by atoms with Crippen LogP contribution in [0.25, 0.3) is 0 Å². The Balaban J connectivity index is 2.93. The Bertz CT molecular complexity index is 338. The Labute approximate surface area is 102 Å². The minimum atomic E-state index is 0.0392. The highest BCUT2D eigenvalue weighted by Crippen LogP contribution is 2.30. The van der Waals surface area contributed by atoms with E-state index in [9.17, 15) is 0 Å². The van der Waals surface area contributed by atoms with Crippen molar-refractivity contribution in [2.45, 2.75) is 45.6 Å². The van der Waals surface area contributed by atoms with Gasteiger partial charge in [0.05, 0.1) is 16.6 Å². The Morgan fingerprint density at radius 2 is 2.19 bits per heavy atom. The first-order valence-corrected chi connectivity index (χ1v) is 6.46. The third-order valence-electron chi connectivity index (χ3n) is 2.36. The maximum atomic E-state index is 4.25. The number of rotatable bonds is 5. The average molecular weight is 239 g/mol. The SMILES string of the molecule is C=CC(NCCC)c1snnc1C(C)(C)C. The van der Waals surface area contributed by atoms with E-state index in [1.807, 2.05) is 6.08 Å². The summed E-state index contributed by atoms with van der Waals surface area (Å²) < 4.78 is 4.07. The van der Waals surface area contributed by atoms with Crippen LogP contribution in [-0.2, 0) is 5.41 Å². The lowest BCUT2D eigenvalue weighted by Gasteiger charge is -2.20. The molecular formula is C12H21N3S. The first kappa shape index (κ1) is 13.3. The number of hydrogen-bond donors (Lipinski definition) is 1. The van der Waals surface area contributed by atoms with Crippen LogP contribution in [0.1, 0.15) is 50.7 Å². The van der Waals surface area contributed by atoms with E-state index in [0.717, 1.165) is 18.7 Å². The lowest BCUT2D eigenvalue weighted by Crippen LogP contribution is -2.23. The molecule has 0 aliphatic carbocycles. The Morgan fingerprint density at radius 3 is 2.69 bits per heavy atom. The molecule has 0 radical (unpaired) electrons. The van der Waals surface area contributed by atoms with Crippen molar-refractivity contribution in [3.63, 3.8) is 0 Å². The molecule has 90 valence electrons. The van der Waals surface area contributed by atoms with Crippen LogP contribution in [0.4, 0.5) is 0 Å². The van der Waals surface area contributed by atoms with Gasteiger partial charge in [0.2, 0.25) is 0 Å². The third kappa shape index (κ3) is 3.12. The summed E-state index contributed by atoms with van der Waals surface area (Å²) in [7, 11) is 0. The highest BCUT2D eigenvalue weighted by molar-refractivity contribution is 7.05. The van der Waals surface area contributed by atoms with E-state index in [1.54, 1.807) is 0 Å². The second-order valence-corrected chi connectivity index (χ2v) is 5.69. The molecule has 1 atom stereocenters. The smallest absolute Gasteiger partial charge is 0.0860 e. The summed E-state index contributed by atoms with van der Waals surface area (Å²) in [6, 6.07) is 0.175. The number of nitrogens with zero attached hydrogens (tertiary/aromatic N) is 2. The van der Waals surface area contributed by atoms with Gasteiger partial charge in [-0.3, -0.25) is 0 Å². The van der Waals surface area contributed by atoms with Crippen LogP contribution in [0.2, 0.25) is 0 Å². The summed E-state index contributed by atoms with van der Waals surface area (Å²) in [5.74, 6) is 0. The minimum Gasteiger partial charge on any atom is -0.306 e. The molecule has 0 aliphatic rings. The van der Waals surface area contributed by atoms with Gasteiger partial charge in [-0.15, -0.1) is 11.7 Å². The maximum Gasteiger partial charge on any atom is 0.0860 e. The van der Waals surface area contributed by atoms with Crippen LogP contribution in [0.15, 0.2) is 12.7 Å². The molecule has 0 aromatic carbocycles. The molecule has 0 saturated heterocycles. The zero-order valence-corrected chi connectivity index (χ0v) is 11.4. The van der Waals surface area contributed by atoms with Crippen molar-refractivity contribution in [3.05, 3.63) is 23.2 Å². The van der Waals surface area contributed by atoms with E-state index in [1.165, 1.54) is 16.4 Å². The van der Waals surface area contributed by atoms with Gasteiger partial charge in [-0.2, -0.15) is 0 Å². The van der Waals surface area contributed by atoms with Crippen molar-refractivity contribution < 1.29 is 0 Å². The van der Waals surface area contributed by atoms with Crippen LogP contribution in [0, 0.1) is 0 Å². The van der Waals surface area contributed by atoms with Gasteiger partial charge in [-0.05, 0) is 24.5 Å². The summed E-state index contributed by atoms with van der Waals surface area (Å²) in [6.45, 7) is 13.5. The second-order valence-electron chi connectivity index (χ2n) is 4.90. The lowest BCUT2D eigenvalue weighted by atomic mass is 9.90. The summed E-state index contributed by atoms with van der Waals surface area (Å²) in [5, 5.41) is 7.69. The van der Waals surface area contributed by atoms with Gasteiger partial charge >= 0.3 is 0 Å². The van der Waals surface area contributed by atoms with E-state index >= 15 is 0 Å². The molecule has 1 rings (SSSR count). The highest BCUT2D eigenvalue weighted by atomic mass is 32.1. The fourth-order valence-electron chi connectivity index (χ4n) is 1.50. The quantitative estimate of drug-likeness (QED) is 0.802. The summed E-state index contributed by atoms with van der Waals surface area (Å²) in [5.41, 5.74) is 1.11. The normalized spacial score (nSPS) is 13.8. The molecule has 0 saturated carbocycles. The molecule has 4 heteroatoms. The van der Waals surface area contributed by atoms with Crippen molar-refractivity contribution >= 4 is 11.5 Å². The molecule has 1 unspecified atom stereocenters. The minimum absolute atomic E-state index is 0.0392. The van der Waals surface area contributed by atoms with Gasteiger partial charge in [0.25, 0.3) is 0 Å². The molecule has 0 amide bonds. The van der Waals surface area contributed by atoms with Crippen LogP contribution in [0.3, 0.4) is 0 Å². The van der Waals surface area contributed by atoms with Gasteiger partial charge in [0.1, 0.15) is 0 Å². The Hall–Kier alpha value is -0.740. The zero-order chi connectivity index (χ0) is 12.2. The van der Waals surface area contributed by atoms with Gasteiger partial charge in [-0.1, -0.05) is 38.3 Å². The van der Waals surface area contributed by atoms with Gasteiger partial charge in [0.15, 0.2) is 0 Å². The first-order valence-electron chi connectivity index (χ1n) is 5.69. The fourth-order valence-corrected chi connectivity index (χ4v) is 2.44. The van der Waals surface area contributed by atoms with E-state index in [0.29, 0.717) is 0 Å². The Morgan fingerprint density at radius 1 is 1.50 bits per heavy atom. The molecule has 0 fully saturated rings. The molecular weight excluding hydrogens is 218 g/mol.